The van der Waals surface area contributed by atoms with Crippen LogP contribution in [0.5, 0.6) is 0 Å². The molecule has 0 radical (unpaired) electrons. The molecule has 1 aliphatic rings. The van der Waals surface area contributed by atoms with Gasteiger partial charge in [-0.05, 0) is 48.6 Å². The lowest BCUT2D eigenvalue weighted by Crippen LogP contribution is -2.17. The van der Waals surface area contributed by atoms with Gasteiger partial charge in [0.2, 0.25) is 0 Å². The summed E-state index contributed by atoms with van der Waals surface area (Å²) >= 11 is 12.7. The zero-order valence-corrected chi connectivity index (χ0v) is 25.5. The maximum Gasteiger partial charge on any atom is 0.310 e. The van der Waals surface area contributed by atoms with Crippen LogP contribution in [0.1, 0.15) is 43.7 Å². The van der Waals surface area contributed by atoms with Crippen LogP contribution in [0, 0.1) is 17.2 Å². The Bertz CT molecular complexity index is 1800. The van der Waals surface area contributed by atoms with Crippen molar-refractivity contribution >= 4 is 51.6 Å². The Hall–Kier alpha value is -4.39. The summed E-state index contributed by atoms with van der Waals surface area (Å²) in [7, 11) is 0. The zero-order chi connectivity index (χ0) is 30.5. The van der Waals surface area contributed by atoms with E-state index in [0.717, 1.165) is 46.4 Å². The van der Waals surface area contributed by atoms with E-state index < -0.39 is 0 Å². The molecule has 2 aromatic carbocycles. The highest BCUT2D eigenvalue weighted by molar-refractivity contribution is 6.39. The van der Waals surface area contributed by atoms with Crippen molar-refractivity contribution in [1.29, 1.82) is 5.26 Å². The quantitative estimate of drug-likeness (QED) is 0.149. The van der Waals surface area contributed by atoms with Crippen molar-refractivity contribution in [2.75, 3.05) is 11.9 Å². The van der Waals surface area contributed by atoms with E-state index in [1.165, 1.54) is 19.2 Å². The Labute approximate surface area is 265 Å². The normalized spacial score (nSPS) is 14.0. The third kappa shape index (κ3) is 6.42. The van der Waals surface area contributed by atoms with Crippen LogP contribution in [0.4, 0.5) is 11.4 Å². The van der Waals surface area contributed by atoms with Crippen molar-refractivity contribution in [2.45, 2.75) is 51.1 Å². The summed E-state index contributed by atoms with van der Waals surface area (Å²) in [6, 6.07) is 17.1. The summed E-state index contributed by atoms with van der Waals surface area (Å²) in [6.07, 6.45) is 12.5. The van der Waals surface area contributed by atoms with E-state index in [9.17, 15) is 10.1 Å². The molecule has 0 bridgehead atoms. The van der Waals surface area contributed by atoms with Gasteiger partial charge in [-0.3, -0.25) is 9.48 Å². The molecule has 0 amide bonds. The first-order chi connectivity index (χ1) is 21.5. The minimum absolute atomic E-state index is 0.0737. The Morgan fingerprint density at radius 2 is 1.89 bits per heavy atom. The summed E-state index contributed by atoms with van der Waals surface area (Å²) < 4.78 is 9.50. The van der Waals surface area contributed by atoms with Gasteiger partial charge >= 0.3 is 5.97 Å². The highest BCUT2D eigenvalue weighted by atomic mass is 35.5. The molecule has 5 aromatic rings. The van der Waals surface area contributed by atoms with Crippen molar-refractivity contribution in [1.82, 2.24) is 24.3 Å². The van der Waals surface area contributed by atoms with Gasteiger partial charge in [0.05, 0.1) is 59.1 Å². The number of hydrogen-bond acceptors (Lipinski definition) is 7. The molecule has 9 nitrogen and oxygen atoms in total. The number of aromatic nitrogens is 5. The predicted molar refractivity (Wildman–Crippen MR) is 171 cm³/mol. The fourth-order valence-corrected chi connectivity index (χ4v) is 6.47. The fourth-order valence-electron chi connectivity index (χ4n) is 5.98. The van der Waals surface area contributed by atoms with Gasteiger partial charge < -0.3 is 14.6 Å². The topological polar surface area (TPSA) is 111 Å². The standard InChI is InChI=1S/C33H31Cl2N7O2/c34-26-9-5-10-27(35)32(26)40-28-11-4-3-8-23(28)18-30(43)44-17-16-41-15-13-25-31(37-21-38-33(25)41)24-19-39-42(20-24)29(12-14-36)22-6-1-2-7-22/h3-5,8-11,13,15,19-22,29,40H,1-2,6-7,12,16-18H2. The second-order valence-electron chi connectivity index (χ2n) is 10.9. The van der Waals surface area contributed by atoms with E-state index in [4.69, 9.17) is 27.9 Å². The number of hydrogen-bond donors (Lipinski definition) is 1. The number of benzene rings is 2. The number of nitrogens with zero attached hydrogens (tertiary/aromatic N) is 6. The molecule has 3 heterocycles. The lowest BCUT2D eigenvalue weighted by atomic mass is 9.96. The predicted octanol–water partition coefficient (Wildman–Crippen LogP) is 7.78. The molecular formula is C33H31Cl2N7O2. The second-order valence-corrected chi connectivity index (χ2v) is 11.7. The number of esters is 1. The first-order valence-electron chi connectivity index (χ1n) is 14.7. The average molecular weight is 629 g/mol. The summed E-state index contributed by atoms with van der Waals surface area (Å²) in [5.74, 6) is 0.125. The van der Waals surface area contributed by atoms with Crippen LogP contribution in [0.25, 0.3) is 22.3 Å². The first kappa shape index (κ1) is 29.7. The third-order valence-electron chi connectivity index (χ3n) is 8.19. The van der Waals surface area contributed by atoms with E-state index in [1.54, 1.807) is 18.2 Å². The van der Waals surface area contributed by atoms with Crippen molar-refractivity contribution in [3.63, 3.8) is 0 Å². The number of ether oxygens (including phenoxy) is 1. The van der Waals surface area contributed by atoms with Crippen LogP contribution in [0.3, 0.4) is 0 Å². The number of rotatable bonds is 11. The van der Waals surface area contributed by atoms with Gasteiger partial charge in [-0.15, -0.1) is 0 Å². The van der Waals surface area contributed by atoms with Crippen LogP contribution in [-0.4, -0.2) is 36.9 Å². The zero-order valence-electron chi connectivity index (χ0n) is 24.0. The monoisotopic (exact) mass is 627 g/mol. The minimum atomic E-state index is -0.349. The van der Waals surface area contributed by atoms with Crippen molar-refractivity contribution < 1.29 is 9.53 Å². The minimum Gasteiger partial charge on any atom is -0.464 e. The molecule has 0 spiro atoms. The molecule has 1 fully saturated rings. The molecule has 1 N–H and O–H groups in total. The molecule has 1 atom stereocenters. The molecule has 1 saturated carbocycles. The van der Waals surface area contributed by atoms with Gasteiger partial charge in [-0.2, -0.15) is 10.4 Å². The SMILES string of the molecule is N#CCC(C1CCCC1)n1cc(-c2ncnc3c2ccn3CCOC(=O)Cc2ccccc2Nc2c(Cl)cccc2Cl)cn1. The maximum atomic E-state index is 12.8. The lowest BCUT2D eigenvalue weighted by molar-refractivity contribution is -0.143. The van der Waals surface area contributed by atoms with Crippen LogP contribution in [-0.2, 0) is 22.5 Å². The molecular weight excluding hydrogens is 597 g/mol. The smallest absolute Gasteiger partial charge is 0.310 e. The maximum absolute atomic E-state index is 12.8. The number of nitrogens with one attached hydrogen (secondary N) is 1. The highest BCUT2D eigenvalue weighted by Gasteiger charge is 2.27. The van der Waals surface area contributed by atoms with Crippen LogP contribution in [0.2, 0.25) is 10.0 Å². The summed E-state index contributed by atoms with van der Waals surface area (Å²) in [5, 5.41) is 19.2. The summed E-state index contributed by atoms with van der Waals surface area (Å²) in [6.45, 7) is 0.620. The fraction of sp³-hybridized carbons (Fsp3) is 0.303. The van der Waals surface area contributed by atoms with Crippen molar-refractivity contribution in [3.05, 3.63) is 89.1 Å². The Morgan fingerprint density at radius 1 is 1.09 bits per heavy atom. The molecule has 44 heavy (non-hydrogen) atoms. The van der Waals surface area contributed by atoms with Gasteiger partial charge in [-0.1, -0.05) is 60.3 Å². The molecule has 3 aromatic heterocycles. The summed E-state index contributed by atoms with van der Waals surface area (Å²) in [5.41, 5.74) is 4.48. The Balaban J connectivity index is 1.11. The molecule has 6 rings (SSSR count). The van der Waals surface area contributed by atoms with Crippen LogP contribution < -0.4 is 5.32 Å². The number of carbonyl (C=O) groups is 1. The molecule has 0 aliphatic heterocycles. The average Bonchev–Trinajstić information content (AvgIpc) is 3.81. The van der Waals surface area contributed by atoms with E-state index in [0.29, 0.717) is 34.6 Å². The number of nitriles is 1. The third-order valence-corrected chi connectivity index (χ3v) is 8.81. The number of carbonyl (C=O) groups excluding carboxylic acids is 1. The number of anilines is 2. The lowest BCUT2D eigenvalue weighted by Gasteiger charge is -2.21. The van der Waals surface area contributed by atoms with Crippen LogP contribution in [0.15, 0.2) is 73.4 Å². The van der Waals surface area contributed by atoms with Crippen LogP contribution >= 0.6 is 23.2 Å². The van der Waals surface area contributed by atoms with Gasteiger partial charge in [0, 0.05) is 29.0 Å². The van der Waals surface area contributed by atoms with Crippen molar-refractivity contribution in [2.24, 2.45) is 5.92 Å². The second kappa shape index (κ2) is 13.5. The Morgan fingerprint density at radius 3 is 2.68 bits per heavy atom. The van der Waals surface area contributed by atoms with E-state index in [1.807, 2.05) is 58.2 Å². The molecule has 11 heteroatoms. The molecule has 0 saturated heterocycles. The van der Waals surface area contributed by atoms with Crippen molar-refractivity contribution in [3.8, 4) is 17.3 Å². The number of fused-ring (bicyclic) bond motifs is 1. The highest BCUT2D eigenvalue weighted by Crippen LogP contribution is 2.37. The van der Waals surface area contributed by atoms with E-state index >= 15 is 0 Å². The molecule has 1 unspecified atom stereocenters. The van der Waals surface area contributed by atoms with Gasteiger partial charge in [0.25, 0.3) is 0 Å². The summed E-state index contributed by atoms with van der Waals surface area (Å²) in [4.78, 5) is 21.9. The largest absolute Gasteiger partial charge is 0.464 e. The number of para-hydroxylation sites is 2. The van der Waals surface area contributed by atoms with Gasteiger partial charge in [-0.25, -0.2) is 9.97 Å². The Kier molecular flexibility index (Phi) is 9.10. The molecule has 224 valence electrons. The van der Waals surface area contributed by atoms with E-state index in [2.05, 4.69) is 26.5 Å². The number of halogens is 2. The molecule has 1 aliphatic carbocycles. The van der Waals surface area contributed by atoms with Gasteiger partial charge in [0.15, 0.2) is 0 Å². The van der Waals surface area contributed by atoms with E-state index in [-0.39, 0.29) is 25.0 Å². The first-order valence-corrected chi connectivity index (χ1v) is 15.4. The van der Waals surface area contributed by atoms with Gasteiger partial charge in [0.1, 0.15) is 18.6 Å².